The summed E-state index contributed by atoms with van der Waals surface area (Å²) in [5.41, 5.74) is 4.26. The molecule has 1 aromatic rings. The standard InChI is InChI=1S/C15H22BN2O3/c1-18-10-13(8-9-14(18)15(19)16-20-2)17-21-11-12-6-4-3-5-7-12/h3-7,13-14,17H,8-11H2,1-2H3/t13-,14+/m1/s1. The highest BCUT2D eigenvalue weighted by molar-refractivity contribution is 6.70. The molecule has 0 amide bonds. The Morgan fingerprint density at radius 2 is 2.14 bits per heavy atom. The van der Waals surface area contributed by atoms with E-state index in [1.165, 1.54) is 14.6 Å². The van der Waals surface area contributed by atoms with Crippen LogP contribution in [0.15, 0.2) is 30.3 Å². The normalized spacial score (nSPS) is 23.0. The predicted molar refractivity (Wildman–Crippen MR) is 81.6 cm³/mol. The minimum atomic E-state index is -0.0860. The van der Waals surface area contributed by atoms with Gasteiger partial charge < -0.3 is 9.45 Å². The first-order chi connectivity index (χ1) is 10.2. The average molecular weight is 289 g/mol. The van der Waals surface area contributed by atoms with Crippen LogP contribution in [0.2, 0.25) is 0 Å². The molecule has 0 aliphatic carbocycles. The Labute approximate surface area is 126 Å². The molecule has 0 saturated carbocycles. The van der Waals surface area contributed by atoms with E-state index in [1.807, 2.05) is 42.3 Å². The molecule has 5 nitrogen and oxygen atoms in total. The van der Waals surface area contributed by atoms with E-state index < -0.39 is 0 Å². The number of nitrogens with zero attached hydrogens (tertiary/aromatic N) is 1. The molecule has 0 bridgehead atoms. The second kappa shape index (κ2) is 8.29. The van der Waals surface area contributed by atoms with Gasteiger partial charge in [0.1, 0.15) is 5.68 Å². The van der Waals surface area contributed by atoms with Gasteiger partial charge in [-0.2, -0.15) is 5.48 Å². The first kappa shape index (κ1) is 16.2. The number of hydrogen-bond donors (Lipinski definition) is 1. The molecule has 2 rings (SSSR count). The number of nitrogens with one attached hydrogen (secondary N) is 1. The topological polar surface area (TPSA) is 50.8 Å². The highest BCUT2D eigenvalue weighted by Gasteiger charge is 2.30. The number of rotatable bonds is 7. The Bertz CT molecular complexity index is 444. The zero-order valence-corrected chi connectivity index (χ0v) is 12.6. The summed E-state index contributed by atoms with van der Waals surface area (Å²) >= 11 is 0. The summed E-state index contributed by atoms with van der Waals surface area (Å²) in [4.78, 5) is 19.4. The van der Waals surface area contributed by atoms with Crippen LogP contribution in [-0.4, -0.2) is 50.9 Å². The van der Waals surface area contributed by atoms with Gasteiger partial charge in [0.25, 0.3) is 0 Å². The highest BCUT2D eigenvalue weighted by atomic mass is 16.6. The van der Waals surface area contributed by atoms with Crippen molar-refractivity contribution in [2.45, 2.75) is 31.5 Å². The molecule has 0 spiro atoms. The Balaban J connectivity index is 1.71. The second-order valence-corrected chi connectivity index (χ2v) is 5.38. The number of carbonyl (C=O) groups excluding carboxylic acids is 1. The Kier molecular flexibility index (Phi) is 6.38. The first-order valence-corrected chi connectivity index (χ1v) is 7.22. The molecule has 1 fully saturated rings. The van der Waals surface area contributed by atoms with Crippen molar-refractivity contribution in [3.05, 3.63) is 35.9 Å². The summed E-state index contributed by atoms with van der Waals surface area (Å²) in [6, 6.07) is 10.2. The summed E-state index contributed by atoms with van der Waals surface area (Å²) in [6.07, 6.45) is 1.72. The summed E-state index contributed by atoms with van der Waals surface area (Å²) in [5.74, 6) is 0. The zero-order chi connectivity index (χ0) is 15.1. The van der Waals surface area contributed by atoms with Crippen LogP contribution < -0.4 is 5.48 Å². The number of benzene rings is 1. The van der Waals surface area contributed by atoms with E-state index in [0.29, 0.717) is 6.61 Å². The maximum absolute atomic E-state index is 11.8. The SMILES string of the molecule is CO[B]C(=O)[C@@H]1CC[C@@H](NOCc2ccccc2)CN1C. The molecule has 1 heterocycles. The van der Waals surface area contributed by atoms with E-state index in [2.05, 4.69) is 5.48 Å². The minimum Gasteiger partial charge on any atom is -0.434 e. The van der Waals surface area contributed by atoms with Gasteiger partial charge in [-0.25, -0.2) is 0 Å². The molecule has 1 aliphatic rings. The van der Waals surface area contributed by atoms with Crippen LogP contribution in [0.3, 0.4) is 0 Å². The third-order valence-corrected chi connectivity index (χ3v) is 3.72. The number of likely N-dealkylation sites (tertiary alicyclic amines) is 1. The average Bonchev–Trinajstić information content (AvgIpc) is 2.48. The first-order valence-electron chi connectivity index (χ1n) is 7.22. The van der Waals surface area contributed by atoms with Gasteiger partial charge >= 0.3 is 7.48 Å². The highest BCUT2D eigenvalue weighted by Crippen LogP contribution is 2.16. The summed E-state index contributed by atoms with van der Waals surface area (Å²) in [5, 5.41) is 0. The molecule has 2 atom stereocenters. The van der Waals surface area contributed by atoms with E-state index in [9.17, 15) is 4.79 Å². The second-order valence-electron chi connectivity index (χ2n) is 5.38. The van der Waals surface area contributed by atoms with Crippen LogP contribution in [0.1, 0.15) is 18.4 Å². The van der Waals surface area contributed by atoms with Gasteiger partial charge in [0.15, 0.2) is 0 Å². The molecular formula is C15H22BN2O3. The molecule has 21 heavy (non-hydrogen) atoms. The molecule has 1 aliphatic heterocycles. The third kappa shape index (κ3) is 4.93. The van der Waals surface area contributed by atoms with Gasteiger partial charge in [0.05, 0.1) is 12.6 Å². The van der Waals surface area contributed by atoms with Crippen LogP contribution >= 0.6 is 0 Å². The molecular weight excluding hydrogens is 267 g/mol. The Hall–Kier alpha value is -1.21. The minimum absolute atomic E-state index is 0.0312. The monoisotopic (exact) mass is 289 g/mol. The molecule has 0 unspecified atom stereocenters. The van der Waals surface area contributed by atoms with Crippen molar-refractivity contribution in [1.82, 2.24) is 10.4 Å². The fourth-order valence-corrected chi connectivity index (χ4v) is 2.61. The number of carbonyl (C=O) groups is 1. The van der Waals surface area contributed by atoms with Gasteiger partial charge in [0.2, 0.25) is 0 Å². The lowest BCUT2D eigenvalue weighted by molar-refractivity contribution is -0.119. The lowest BCUT2D eigenvalue weighted by Gasteiger charge is -2.36. The van der Waals surface area contributed by atoms with Crippen molar-refractivity contribution in [1.29, 1.82) is 0 Å². The predicted octanol–water partition coefficient (Wildman–Crippen LogP) is 0.963. The van der Waals surface area contributed by atoms with E-state index in [0.717, 1.165) is 24.9 Å². The van der Waals surface area contributed by atoms with E-state index in [1.54, 1.807) is 0 Å². The van der Waals surface area contributed by atoms with E-state index >= 15 is 0 Å². The number of likely N-dealkylation sites (N-methyl/N-ethyl adjacent to an activating group) is 1. The van der Waals surface area contributed by atoms with Gasteiger partial charge in [-0.15, -0.1) is 0 Å². The van der Waals surface area contributed by atoms with Crippen LogP contribution in [0, 0.1) is 0 Å². The lowest BCUT2D eigenvalue weighted by atomic mass is 9.82. The van der Waals surface area contributed by atoms with Crippen molar-refractivity contribution in [2.75, 3.05) is 20.7 Å². The van der Waals surface area contributed by atoms with Crippen molar-refractivity contribution in [2.24, 2.45) is 0 Å². The molecule has 0 aromatic heterocycles. The van der Waals surface area contributed by atoms with E-state index in [-0.39, 0.29) is 17.8 Å². The molecule has 1 radical (unpaired) electrons. The number of hydrogen-bond acceptors (Lipinski definition) is 5. The maximum atomic E-state index is 11.8. The van der Waals surface area contributed by atoms with Crippen molar-refractivity contribution in [3.63, 3.8) is 0 Å². The fourth-order valence-electron chi connectivity index (χ4n) is 2.61. The maximum Gasteiger partial charge on any atom is 0.378 e. The summed E-state index contributed by atoms with van der Waals surface area (Å²) < 4.78 is 4.80. The van der Waals surface area contributed by atoms with Crippen molar-refractivity contribution >= 4 is 13.2 Å². The van der Waals surface area contributed by atoms with Gasteiger partial charge in [-0.1, -0.05) is 30.3 Å². The van der Waals surface area contributed by atoms with Crippen molar-refractivity contribution in [3.8, 4) is 0 Å². The largest absolute Gasteiger partial charge is 0.434 e. The van der Waals surface area contributed by atoms with E-state index in [4.69, 9.17) is 9.49 Å². The lowest BCUT2D eigenvalue weighted by Crippen LogP contribution is -2.52. The molecule has 1 aromatic carbocycles. The molecule has 1 N–H and O–H groups in total. The van der Waals surface area contributed by atoms with Gasteiger partial charge in [0, 0.05) is 19.7 Å². The van der Waals surface area contributed by atoms with Crippen LogP contribution in [-0.2, 0) is 20.9 Å². The zero-order valence-electron chi connectivity index (χ0n) is 12.6. The third-order valence-electron chi connectivity index (χ3n) is 3.72. The van der Waals surface area contributed by atoms with Crippen LogP contribution in [0.5, 0.6) is 0 Å². The van der Waals surface area contributed by atoms with Crippen LogP contribution in [0.4, 0.5) is 0 Å². The molecule has 1 saturated heterocycles. The number of piperidine rings is 1. The van der Waals surface area contributed by atoms with Crippen molar-refractivity contribution < 1.29 is 14.3 Å². The Morgan fingerprint density at radius 1 is 1.38 bits per heavy atom. The number of hydroxylamine groups is 1. The molecule has 113 valence electrons. The summed E-state index contributed by atoms with van der Waals surface area (Å²) in [6.45, 7) is 1.32. The summed E-state index contributed by atoms with van der Waals surface area (Å²) in [7, 11) is 4.75. The van der Waals surface area contributed by atoms with Gasteiger partial charge in [-0.05, 0) is 25.5 Å². The Morgan fingerprint density at radius 3 is 2.81 bits per heavy atom. The molecule has 6 heteroatoms. The fraction of sp³-hybridized carbons (Fsp3) is 0.533. The van der Waals surface area contributed by atoms with Gasteiger partial charge in [-0.3, -0.25) is 9.74 Å². The quantitative estimate of drug-likeness (QED) is 0.598. The van der Waals surface area contributed by atoms with Crippen LogP contribution in [0.25, 0.3) is 0 Å². The smallest absolute Gasteiger partial charge is 0.378 e.